The molecule has 0 saturated carbocycles. The second-order valence-electron chi connectivity index (χ2n) is 11.3. The van der Waals surface area contributed by atoms with Crippen LogP contribution >= 0.6 is 0 Å². The molecule has 14 heteroatoms. The van der Waals surface area contributed by atoms with E-state index in [1.807, 2.05) is 0 Å². The highest BCUT2D eigenvalue weighted by Crippen LogP contribution is 2.34. The molecule has 0 bridgehead atoms. The predicted molar refractivity (Wildman–Crippen MR) is 176 cm³/mol. The number of esters is 1. The van der Waals surface area contributed by atoms with Gasteiger partial charge in [-0.05, 0) is 58.0 Å². The van der Waals surface area contributed by atoms with Crippen LogP contribution in [0.4, 0.5) is 22.0 Å². The van der Waals surface area contributed by atoms with Crippen molar-refractivity contribution in [1.29, 1.82) is 0 Å². The number of para-hydroxylation sites is 1. The number of aromatic nitrogens is 2. The molecule has 3 aromatic carbocycles. The molecular weight excluding hydrogens is 665 g/mol. The molecule has 9 nitrogen and oxygen atoms in total. The molecular formula is C36H38F5N3O6. The van der Waals surface area contributed by atoms with Gasteiger partial charge in [-0.2, -0.15) is 13.2 Å². The molecule has 1 aromatic heterocycles. The fraction of sp³-hybridized carbons (Fsp3) is 0.361. The number of nitrogens with one attached hydrogen (secondary N) is 1. The molecule has 4 rings (SSSR count). The number of ether oxygens (including phenoxy) is 3. The van der Waals surface area contributed by atoms with Crippen molar-refractivity contribution in [3.8, 4) is 22.6 Å². The van der Waals surface area contributed by atoms with Crippen LogP contribution in [-0.4, -0.2) is 42.5 Å². The average molecular weight is 704 g/mol. The van der Waals surface area contributed by atoms with Gasteiger partial charge in [0, 0.05) is 28.8 Å². The highest BCUT2D eigenvalue weighted by atomic mass is 19.4. The van der Waals surface area contributed by atoms with Gasteiger partial charge in [-0.15, -0.1) is 0 Å². The molecule has 0 fully saturated rings. The van der Waals surface area contributed by atoms with E-state index in [2.05, 4.69) is 5.32 Å². The molecule has 0 radical (unpaired) electrons. The summed E-state index contributed by atoms with van der Waals surface area (Å²) in [7, 11) is 2.80. The Morgan fingerprint density at radius 1 is 0.940 bits per heavy atom. The first-order valence-electron chi connectivity index (χ1n) is 15.9. The third-order valence-corrected chi connectivity index (χ3v) is 8.23. The lowest BCUT2D eigenvalue weighted by atomic mass is 10.0. The summed E-state index contributed by atoms with van der Waals surface area (Å²) in [6.07, 6.45) is -3.67. The number of carbonyl (C=O) groups is 1. The van der Waals surface area contributed by atoms with Gasteiger partial charge in [0.05, 0.1) is 50.6 Å². The Morgan fingerprint density at radius 3 is 2.32 bits per heavy atom. The van der Waals surface area contributed by atoms with Crippen molar-refractivity contribution in [3.05, 3.63) is 116 Å². The topological polar surface area (TPSA) is 101 Å². The molecule has 268 valence electrons. The van der Waals surface area contributed by atoms with Crippen LogP contribution < -0.4 is 26.0 Å². The van der Waals surface area contributed by atoms with Crippen LogP contribution in [0.25, 0.3) is 11.1 Å². The van der Waals surface area contributed by atoms with E-state index >= 15 is 8.78 Å². The van der Waals surface area contributed by atoms with Crippen molar-refractivity contribution >= 4 is 5.97 Å². The Hall–Kier alpha value is -4.98. The van der Waals surface area contributed by atoms with Gasteiger partial charge >= 0.3 is 17.8 Å². The largest absolute Gasteiger partial charge is 0.494 e. The molecule has 0 aliphatic rings. The molecule has 0 aliphatic heterocycles. The van der Waals surface area contributed by atoms with Crippen molar-refractivity contribution in [3.63, 3.8) is 0 Å². The average Bonchev–Trinajstić information content (AvgIpc) is 3.08. The van der Waals surface area contributed by atoms with Crippen LogP contribution in [-0.2, 0) is 28.8 Å². The third kappa shape index (κ3) is 8.41. The molecule has 0 amide bonds. The van der Waals surface area contributed by atoms with E-state index in [4.69, 9.17) is 14.2 Å². The first-order chi connectivity index (χ1) is 23.8. The molecule has 4 aromatic rings. The summed E-state index contributed by atoms with van der Waals surface area (Å²) < 4.78 is 90.3. The monoisotopic (exact) mass is 703 g/mol. The fourth-order valence-corrected chi connectivity index (χ4v) is 5.68. The smallest absolute Gasteiger partial charge is 0.416 e. The van der Waals surface area contributed by atoms with E-state index < -0.39 is 52.8 Å². The minimum absolute atomic E-state index is 0.174. The van der Waals surface area contributed by atoms with Crippen LogP contribution in [0.5, 0.6) is 11.5 Å². The van der Waals surface area contributed by atoms with Crippen molar-refractivity contribution in [1.82, 2.24) is 14.5 Å². The van der Waals surface area contributed by atoms with Gasteiger partial charge in [-0.3, -0.25) is 18.7 Å². The minimum atomic E-state index is -4.95. The van der Waals surface area contributed by atoms with Gasteiger partial charge in [0.1, 0.15) is 11.6 Å². The van der Waals surface area contributed by atoms with Gasteiger partial charge in [-0.1, -0.05) is 36.4 Å². The number of carbonyl (C=O) groups excluding carboxylic acids is 1. The van der Waals surface area contributed by atoms with Crippen LogP contribution in [0.2, 0.25) is 0 Å². The summed E-state index contributed by atoms with van der Waals surface area (Å²) >= 11 is 0. The number of halogens is 5. The van der Waals surface area contributed by atoms with E-state index in [-0.39, 0.29) is 54.7 Å². The number of hydrogen-bond acceptors (Lipinski definition) is 7. The molecule has 0 saturated heterocycles. The Kier molecular flexibility index (Phi) is 12.6. The molecule has 50 heavy (non-hydrogen) atoms. The van der Waals surface area contributed by atoms with Gasteiger partial charge in [-0.25, -0.2) is 13.6 Å². The highest BCUT2D eigenvalue weighted by molar-refractivity contribution is 5.69. The van der Waals surface area contributed by atoms with Gasteiger partial charge < -0.3 is 19.5 Å². The Balaban J connectivity index is 1.82. The molecule has 1 unspecified atom stereocenters. The van der Waals surface area contributed by atoms with Gasteiger partial charge in [0.15, 0.2) is 11.6 Å². The quantitative estimate of drug-likeness (QED) is 0.0868. The molecule has 0 aliphatic carbocycles. The van der Waals surface area contributed by atoms with E-state index in [1.54, 1.807) is 38.2 Å². The Labute approximate surface area is 285 Å². The lowest BCUT2D eigenvalue weighted by Gasteiger charge is -2.24. The standard InChI is InChI=1S/C36H38F5N3O6/c1-5-49-31(45)18-8-9-19-50-29-16-7-6-12-23(29)28(42-3)21-44-34(46)32(24-13-10-17-30(48-4)33(24)38)22(2)43(35(44)47)20-25-26(36(39,40)41)14-11-15-27(25)37/h6-7,10-17,28,42H,5,8-9,18-21H2,1-4H3. The maximum Gasteiger partial charge on any atom is 0.416 e. The fourth-order valence-electron chi connectivity index (χ4n) is 5.68. The van der Waals surface area contributed by atoms with Crippen molar-refractivity contribution in [2.45, 2.75) is 58.4 Å². The lowest BCUT2D eigenvalue weighted by Crippen LogP contribution is -2.44. The van der Waals surface area contributed by atoms with Crippen LogP contribution in [0, 0.1) is 18.6 Å². The van der Waals surface area contributed by atoms with Gasteiger partial charge in [0.25, 0.3) is 5.56 Å². The van der Waals surface area contributed by atoms with Gasteiger partial charge in [0.2, 0.25) is 0 Å². The molecule has 1 N–H and O–H groups in total. The third-order valence-electron chi connectivity index (χ3n) is 8.23. The van der Waals surface area contributed by atoms with Crippen molar-refractivity contribution < 1.29 is 41.0 Å². The van der Waals surface area contributed by atoms with Crippen LogP contribution in [0.15, 0.2) is 70.3 Å². The maximum absolute atomic E-state index is 15.7. The minimum Gasteiger partial charge on any atom is -0.494 e. The van der Waals surface area contributed by atoms with E-state index in [1.165, 1.54) is 32.2 Å². The lowest BCUT2D eigenvalue weighted by molar-refractivity contribution is -0.143. The SMILES string of the molecule is CCOC(=O)CCCCOc1ccccc1C(Cn1c(=O)c(-c2cccc(OC)c2F)c(C)n(Cc2c(F)cccc2C(F)(F)F)c1=O)NC. The summed E-state index contributed by atoms with van der Waals surface area (Å²) in [5.74, 6) is -2.24. The zero-order chi connectivity index (χ0) is 36.6. The second kappa shape index (κ2) is 16.6. The number of nitrogens with zero attached hydrogens (tertiary/aromatic N) is 2. The first kappa shape index (κ1) is 37.8. The van der Waals surface area contributed by atoms with Crippen LogP contribution in [0.3, 0.4) is 0 Å². The number of unbranched alkanes of at least 4 members (excludes halogenated alkanes) is 1. The van der Waals surface area contributed by atoms with Crippen molar-refractivity contribution in [2.24, 2.45) is 0 Å². The normalized spacial score (nSPS) is 12.1. The molecule has 1 heterocycles. The summed E-state index contributed by atoms with van der Waals surface area (Å²) in [5.41, 5.74) is -4.27. The van der Waals surface area contributed by atoms with E-state index in [9.17, 15) is 27.6 Å². The van der Waals surface area contributed by atoms with E-state index in [0.717, 1.165) is 21.3 Å². The van der Waals surface area contributed by atoms with Crippen molar-refractivity contribution in [2.75, 3.05) is 27.4 Å². The number of benzene rings is 3. The number of likely N-dealkylation sites (N-methyl/N-ethyl adjacent to an activating group) is 1. The maximum atomic E-state index is 15.7. The number of rotatable bonds is 15. The highest BCUT2D eigenvalue weighted by Gasteiger charge is 2.35. The Bertz CT molecular complexity index is 1940. The first-order valence-corrected chi connectivity index (χ1v) is 15.9. The summed E-state index contributed by atoms with van der Waals surface area (Å²) in [4.78, 5) is 39.9. The van der Waals surface area contributed by atoms with Crippen LogP contribution in [0.1, 0.15) is 54.6 Å². The zero-order valence-corrected chi connectivity index (χ0v) is 28.0. The zero-order valence-electron chi connectivity index (χ0n) is 28.0. The number of alkyl halides is 3. The molecule has 1 atom stereocenters. The summed E-state index contributed by atoms with van der Waals surface area (Å²) in [6.45, 7) is 2.28. The second-order valence-corrected chi connectivity index (χ2v) is 11.3. The molecule has 0 spiro atoms. The van der Waals surface area contributed by atoms with E-state index in [0.29, 0.717) is 30.2 Å². The Morgan fingerprint density at radius 2 is 1.64 bits per heavy atom. The summed E-state index contributed by atoms with van der Waals surface area (Å²) in [6, 6.07) is 12.6. The number of methoxy groups -OCH3 is 1. The predicted octanol–water partition coefficient (Wildman–Crippen LogP) is 6.41. The summed E-state index contributed by atoms with van der Waals surface area (Å²) in [5, 5.41) is 3.05. The number of hydrogen-bond donors (Lipinski definition) is 1.